The Labute approximate surface area is 112 Å². The van der Waals surface area contributed by atoms with Gasteiger partial charge in [0.1, 0.15) is 6.04 Å². The van der Waals surface area contributed by atoms with Gasteiger partial charge in [0.15, 0.2) is 0 Å². The van der Waals surface area contributed by atoms with Crippen molar-refractivity contribution in [3.63, 3.8) is 0 Å². The summed E-state index contributed by atoms with van der Waals surface area (Å²) in [4.78, 5) is 25.9. The Balaban J connectivity index is 1.69. The largest absolute Gasteiger partial charge is 0.344 e. The Morgan fingerprint density at radius 1 is 1.32 bits per heavy atom. The molecule has 0 aromatic heterocycles. The van der Waals surface area contributed by atoms with Crippen LogP contribution in [0.2, 0.25) is 0 Å². The van der Waals surface area contributed by atoms with Crippen LogP contribution in [0.5, 0.6) is 0 Å². The Morgan fingerprint density at radius 2 is 2.05 bits per heavy atom. The van der Waals surface area contributed by atoms with Gasteiger partial charge in [-0.05, 0) is 37.8 Å². The van der Waals surface area contributed by atoms with Gasteiger partial charge in [0.25, 0.3) is 0 Å². The Hall–Kier alpha value is -1.84. The number of carbonyl (C=O) groups is 2. The van der Waals surface area contributed by atoms with Gasteiger partial charge in [0, 0.05) is 18.2 Å². The van der Waals surface area contributed by atoms with Crippen LogP contribution in [0.25, 0.3) is 0 Å². The molecule has 2 aliphatic rings. The van der Waals surface area contributed by atoms with Crippen LogP contribution in [0.15, 0.2) is 24.3 Å². The van der Waals surface area contributed by atoms with Crippen LogP contribution in [0.4, 0.5) is 5.69 Å². The van der Waals surface area contributed by atoms with Crippen LogP contribution in [0.1, 0.15) is 25.3 Å². The lowest BCUT2D eigenvalue weighted by Gasteiger charge is -2.22. The Bertz CT molecular complexity index is 523. The van der Waals surface area contributed by atoms with Crippen molar-refractivity contribution in [1.29, 1.82) is 0 Å². The quantitative estimate of drug-likeness (QED) is 0.893. The molecule has 1 aromatic carbocycles. The van der Waals surface area contributed by atoms with Crippen molar-refractivity contribution in [2.75, 3.05) is 11.4 Å². The lowest BCUT2D eigenvalue weighted by Crippen LogP contribution is -2.47. The minimum atomic E-state index is -0.445. The van der Waals surface area contributed by atoms with Crippen LogP contribution in [-0.4, -0.2) is 24.4 Å². The zero-order valence-electron chi connectivity index (χ0n) is 11.1. The molecule has 1 N–H and O–H groups in total. The van der Waals surface area contributed by atoms with Crippen molar-refractivity contribution in [3.05, 3.63) is 29.8 Å². The minimum absolute atomic E-state index is 0.0149. The molecular weight excluding hydrogens is 240 g/mol. The van der Waals surface area contributed by atoms with Crippen molar-refractivity contribution in [2.24, 2.45) is 5.92 Å². The van der Waals surface area contributed by atoms with Crippen LogP contribution in [0, 0.1) is 5.92 Å². The molecule has 1 aliphatic heterocycles. The van der Waals surface area contributed by atoms with E-state index in [0.717, 1.165) is 24.9 Å². The van der Waals surface area contributed by atoms with Gasteiger partial charge >= 0.3 is 0 Å². The molecule has 1 aromatic rings. The molecule has 0 bridgehead atoms. The number of benzene rings is 1. The van der Waals surface area contributed by atoms with Gasteiger partial charge in [-0.1, -0.05) is 18.2 Å². The maximum Gasteiger partial charge on any atom is 0.249 e. The van der Waals surface area contributed by atoms with E-state index < -0.39 is 6.04 Å². The number of para-hydroxylation sites is 1. The predicted octanol–water partition coefficient (Wildman–Crippen LogP) is 1.49. The average Bonchev–Trinajstić information content (AvgIpc) is 3.18. The molecule has 4 heteroatoms. The molecule has 1 saturated carbocycles. The third-order valence-electron chi connectivity index (χ3n) is 3.83. The summed E-state index contributed by atoms with van der Waals surface area (Å²) in [6, 6.07) is 7.51. The minimum Gasteiger partial charge on any atom is -0.344 e. The second kappa shape index (κ2) is 4.68. The number of amides is 2. The summed E-state index contributed by atoms with van der Waals surface area (Å²) in [6.07, 6.45) is 2.81. The van der Waals surface area contributed by atoms with Crippen LogP contribution in [-0.2, 0) is 16.0 Å². The molecule has 1 heterocycles. The van der Waals surface area contributed by atoms with Gasteiger partial charge in [-0.3, -0.25) is 9.59 Å². The van der Waals surface area contributed by atoms with E-state index in [-0.39, 0.29) is 17.7 Å². The van der Waals surface area contributed by atoms with E-state index in [0.29, 0.717) is 6.54 Å². The van der Waals surface area contributed by atoms with Gasteiger partial charge in [-0.25, -0.2) is 0 Å². The highest BCUT2D eigenvalue weighted by atomic mass is 16.2. The van der Waals surface area contributed by atoms with Gasteiger partial charge in [0.2, 0.25) is 11.8 Å². The monoisotopic (exact) mass is 258 g/mol. The molecule has 1 atom stereocenters. The van der Waals surface area contributed by atoms with Crippen molar-refractivity contribution >= 4 is 17.5 Å². The summed E-state index contributed by atoms with van der Waals surface area (Å²) in [5, 5.41) is 2.82. The van der Waals surface area contributed by atoms with Gasteiger partial charge < -0.3 is 10.2 Å². The number of fused-ring (bicyclic) bond motifs is 1. The molecule has 3 rings (SSSR count). The molecular formula is C15H18N2O2. The standard InChI is InChI=1S/C15H18N2O2/c1-10(16-14(18)12-6-7-12)15(19)17-9-8-11-4-2-3-5-13(11)17/h2-5,10,12H,6-9H2,1H3,(H,16,18). The third-order valence-corrected chi connectivity index (χ3v) is 3.83. The number of carbonyl (C=O) groups excluding carboxylic acids is 2. The van der Waals surface area contributed by atoms with Crippen LogP contribution < -0.4 is 10.2 Å². The summed E-state index contributed by atoms with van der Waals surface area (Å²) < 4.78 is 0. The highest BCUT2D eigenvalue weighted by Gasteiger charge is 2.33. The maximum absolute atomic E-state index is 12.4. The molecule has 1 fully saturated rings. The predicted molar refractivity (Wildman–Crippen MR) is 72.8 cm³/mol. The zero-order chi connectivity index (χ0) is 13.4. The number of rotatable bonds is 3. The highest BCUT2D eigenvalue weighted by Crippen LogP contribution is 2.30. The zero-order valence-corrected chi connectivity index (χ0v) is 11.1. The first-order valence-electron chi connectivity index (χ1n) is 6.86. The Kier molecular flexibility index (Phi) is 3.01. The summed E-state index contributed by atoms with van der Waals surface area (Å²) in [5.41, 5.74) is 2.19. The maximum atomic E-state index is 12.4. The number of anilines is 1. The molecule has 19 heavy (non-hydrogen) atoms. The first kappa shape index (κ1) is 12.2. The van der Waals surface area contributed by atoms with Crippen LogP contribution in [0.3, 0.4) is 0 Å². The highest BCUT2D eigenvalue weighted by molar-refractivity contribution is 6.00. The molecule has 0 radical (unpaired) electrons. The van der Waals surface area contributed by atoms with E-state index in [9.17, 15) is 9.59 Å². The van der Waals surface area contributed by atoms with E-state index in [1.54, 1.807) is 11.8 Å². The number of nitrogens with one attached hydrogen (secondary N) is 1. The van der Waals surface area contributed by atoms with E-state index in [1.165, 1.54) is 5.56 Å². The SMILES string of the molecule is CC(NC(=O)C1CC1)C(=O)N1CCc2ccccc21. The lowest BCUT2D eigenvalue weighted by atomic mass is 10.2. The molecule has 2 amide bonds. The van der Waals surface area contributed by atoms with Gasteiger partial charge in [-0.2, -0.15) is 0 Å². The number of hydrogen-bond acceptors (Lipinski definition) is 2. The van der Waals surface area contributed by atoms with Crippen molar-refractivity contribution < 1.29 is 9.59 Å². The van der Waals surface area contributed by atoms with Gasteiger partial charge in [0.05, 0.1) is 0 Å². The first-order chi connectivity index (χ1) is 9.16. The fraction of sp³-hybridized carbons (Fsp3) is 0.467. The van der Waals surface area contributed by atoms with E-state index in [2.05, 4.69) is 11.4 Å². The second-order valence-electron chi connectivity index (χ2n) is 5.37. The average molecular weight is 258 g/mol. The van der Waals surface area contributed by atoms with Crippen LogP contribution >= 0.6 is 0 Å². The normalized spacial score (nSPS) is 18.9. The fourth-order valence-electron chi connectivity index (χ4n) is 2.54. The topological polar surface area (TPSA) is 49.4 Å². The molecule has 4 nitrogen and oxygen atoms in total. The summed E-state index contributed by atoms with van der Waals surface area (Å²) in [6.45, 7) is 2.48. The number of nitrogens with zero attached hydrogens (tertiary/aromatic N) is 1. The number of hydrogen-bond donors (Lipinski definition) is 1. The van der Waals surface area contributed by atoms with E-state index in [4.69, 9.17) is 0 Å². The fourth-order valence-corrected chi connectivity index (χ4v) is 2.54. The Morgan fingerprint density at radius 3 is 2.79 bits per heavy atom. The van der Waals surface area contributed by atoms with Crippen molar-refractivity contribution in [2.45, 2.75) is 32.2 Å². The summed E-state index contributed by atoms with van der Waals surface area (Å²) in [7, 11) is 0. The smallest absolute Gasteiger partial charge is 0.249 e. The van der Waals surface area contributed by atoms with E-state index >= 15 is 0 Å². The molecule has 1 unspecified atom stereocenters. The first-order valence-corrected chi connectivity index (χ1v) is 6.86. The van der Waals surface area contributed by atoms with Crippen molar-refractivity contribution in [3.8, 4) is 0 Å². The van der Waals surface area contributed by atoms with Gasteiger partial charge in [-0.15, -0.1) is 0 Å². The molecule has 100 valence electrons. The molecule has 0 spiro atoms. The third kappa shape index (κ3) is 2.35. The van der Waals surface area contributed by atoms with Crippen molar-refractivity contribution in [1.82, 2.24) is 5.32 Å². The molecule has 1 aliphatic carbocycles. The molecule has 0 saturated heterocycles. The lowest BCUT2D eigenvalue weighted by molar-refractivity contribution is -0.127. The second-order valence-corrected chi connectivity index (χ2v) is 5.37. The van der Waals surface area contributed by atoms with E-state index in [1.807, 2.05) is 18.2 Å². The summed E-state index contributed by atoms with van der Waals surface area (Å²) in [5.74, 6) is 0.147. The summed E-state index contributed by atoms with van der Waals surface area (Å²) >= 11 is 0.